The Morgan fingerprint density at radius 1 is 1.12 bits per heavy atom. The maximum Gasteiger partial charge on any atom is 0.410 e. The second-order valence-electron chi connectivity index (χ2n) is 8.71. The summed E-state index contributed by atoms with van der Waals surface area (Å²) in [6.45, 7) is 5.11. The summed E-state index contributed by atoms with van der Waals surface area (Å²) in [6, 6.07) is 17.4. The van der Waals surface area contributed by atoms with E-state index >= 15 is 0 Å². The third-order valence-electron chi connectivity index (χ3n) is 5.62. The van der Waals surface area contributed by atoms with E-state index in [2.05, 4.69) is 48.4 Å². The van der Waals surface area contributed by atoms with Crippen molar-refractivity contribution in [3.8, 4) is 11.3 Å². The van der Waals surface area contributed by atoms with Crippen molar-refractivity contribution in [2.24, 2.45) is 5.92 Å². The monoisotopic (exact) mass is 463 g/mol. The molecule has 1 saturated heterocycles. The summed E-state index contributed by atoms with van der Waals surface area (Å²) >= 11 is 1.39. The Morgan fingerprint density at radius 2 is 1.88 bits per heavy atom. The standard InChI is InChI=1S/C26H29N3O3S/c1-18(2)15-19-10-12-21(13-11-19)22-17-33-25(27-22)28-24(30)23-9-6-14-29(23)26(31)32-16-20-7-4-3-5-8-20/h3-5,7-8,10-13,17-18,23H,6,9,14-16H2,1-2H3,(H,27,28,30)/t23-/m0/s1. The first-order valence-electron chi connectivity index (χ1n) is 11.3. The molecular formula is C26H29N3O3S. The van der Waals surface area contributed by atoms with Crippen molar-refractivity contribution in [3.05, 3.63) is 71.1 Å². The summed E-state index contributed by atoms with van der Waals surface area (Å²) in [5.74, 6) is 0.389. The topological polar surface area (TPSA) is 71.5 Å². The number of hydrogen-bond acceptors (Lipinski definition) is 5. The smallest absolute Gasteiger partial charge is 0.410 e. The minimum atomic E-state index is -0.545. The molecule has 4 rings (SSSR count). The highest BCUT2D eigenvalue weighted by Gasteiger charge is 2.35. The van der Waals surface area contributed by atoms with E-state index in [1.54, 1.807) is 0 Å². The van der Waals surface area contributed by atoms with Gasteiger partial charge in [-0.3, -0.25) is 9.69 Å². The Morgan fingerprint density at radius 3 is 2.61 bits per heavy atom. The number of nitrogens with one attached hydrogen (secondary N) is 1. The summed E-state index contributed by atoms with van der Waals surface area (Å²) in [5.41, 5.74) is 4.07. The molecule has 2 aromatic carbocycles. The third-order valence-corrected chi connectivity index (χ3v) is 6.38. The van der Waals surface area contributed by atoms with E-state index in [0.29, 0.717) is 24.0 Å². The molecule has 1 aromatic heterocycles. The Hall–Kier alpha value is -3.19. The molecule has 1 atom stereocenters. The van der Waals surface area contributed by atoms with E-state index in [1.807, 2.05) is 35.7 Å². The summed E-state index contributed by atoms with van der Waals surface area (Å²) < 4.78 is 5.43. The predicted octanol–water partition coefficient (Wildman–Crippen LogP) is 5.75. The van der Waals surface area contributed by atoms with Crippen LogP contribution >= 0.6 is 11.3 Å². The van der Waals surface area contributed by atoms with E-state index in [9.17, 15) is 9.59 Å². The normalized spacial score (nSPS) is 15.6. The van der Waals surface area contributed by atoms with Crippen LogP contribution in [0.25, 0.3) is 11.3 Å². The van der Waals surface area contributed by atoms with Crippen LogP contribution in [0.1, 0.15) is 37.8 Å². The third kappa shape index (κ3) is 5.99. The van der Waals surface area contributed by atoms with Gasteiger partial charge in [0.25, 0.3) is 0 Å². The van der Waals surface area contributed by atoms with Gasteiger partial charge in [-0.15, -0.1) is 11.3 Å². The van der Waals surface area contributed by atoms with Crippen molar-refractivity contribution in [1.82, 2.24) is 9.88 Å². The fourth-order valence-electron chi connectivity index (χ4n) is 4.00. The molecule has 0 bridgehead atoms. The lowest BCUT2D eigenvalue weighted by Gasteiger charge is -2.22. The number of anilines is 1. The number of likely N-dealkylation sites (tertiary alicyclic amines) is 1. The number of carbonyl (C=O) groups is 2. The van der Waals surface area contributed by atoms with Crippen LogP contribution in [0.2, 0.25) is 0 Å². The summed E-state index contributed by atoms with van der Waals surface area (Å²) in [7, 11) is 0. The molecule has 1 aliphatic heterocycles. The lowest BCUT2D eigenvalue weighted by molar-refractivity contribution is -0.120. The molecule has 1 fully saturated rings. The molecule has 0 spiro atoms. The lowest BCUT2D eigenvalue weighted by Crippen LogP contribution is -2.43. The van der Waals surface area contributed by atoms with Gasteiger partial charge in [0.15, 0.2) is 5.13 Å². The highest BCUT2D eigenvalue weighted by atomic mass is 32.1. The summed E-state index contributed by atoms with van der Waals surface area (Å²) in [4.78, 5) is 31.6. The van der Waals surface area contributed by atoms with Crippen molar-refractivity contribution in [1.29, 1.82) is 0 Å². The first-order valence-corrected chi connectivity index (χ1v) is 12.2. The van der Waals surface area contributed by atoms with Crippen molar-refractivity contribution in [2.75, 3.05) is 11.9 Å². The number of aromatic nitrogens is 1. The molecule has 0 aliphatic carbocycles. The summed E-state index contributed by atoms with van der Waals surface area (Å²) in [5, 5.41) is 5.36. The van der Waals surface area contributed by atoms with E-state index in [4.69, 9.17) is 4.74 Å². The average molecular weight is 464 g/mol. The predicted molar refractivity (Wildman–Crippen MR) is 131 cm³/mol. The van der Waals surface area contributed by atoms with Crippen molar-refractivity contribution >= 4 is 28.5 Å². The van der Waals surface area contributed by atoms with Gasteiger partial charge in [0.1, 0.15) is 12.6 Å². The highest BCUT2D eigenvalue weighted by Crippen LogP contribution is 2.27. The Bertz CT molecular complexity index is 1080. The van der Waals surface area contributed by atoms with Gasteiger partial charge in [0, 0.05) is 17.5 Å². The number of thiazole rings is 1. The van der Waals surface area contributed by atoms with Crippen LogP contribution in [0.5, 0.6) is 0 Å². The second kappa shape index (κ2) is 10.6. The first-order chi connectivity index (χ1) is 16.0. The quantitative estimate of drug-likeness (QED) is 0.484. The maximum atomic E-state index is 12.9. The minimum absolute atomic E-state index is 0.191. The largest absolute Gasteiger partial charge is 0.445 e. The molecule has 1 N–H and O–H groups in total. The van der Waals surface area contributed by atoms with Gasteiger partial charge in [-0.1, -0.05) is 68.4 Å². The van der Waals surface area contributed by atoms with Crippen LogP contribution in [0.3, 0.4) is 0 Å². The van der Waals surface area contributed by atoms with Crippen LogP contribution in [0, 0.1) is 5.92 Å². The number of amides is 2. The molecule has 2 amide bonds. The zero-order chi connectivity index (χ0) is 23.2. The molecular weight excluding hydrogens is 434 g/mol. The van der Waals surface area contributed by atoms with Gasteiger partial charge < -0.3 is 10.1 Å². The molecule has 33 heavy (non-hydrogen) atoms. The molecule has 6 nitrogen and oxygen atoms in total. The molecule has 1 aliphatic rings. The van der Waals surface area contributed by atoms with Gasteiger partial charge in [-0.2, -0.15) is 0 Å². The van der Waals surface area contributed by atoms with Crippen molar-refractivity contribution in [3.63, 3.8) is 0 Å². The zero-order valence-corrected chi connectivity index (χ0v) is 19.8. The molecule has 7 heteroatoms. The fraction of sp³-hybridized carbons (Fsp3) is 0.346. The highest BCUT2D eigenvalue weighted by molar-refractivity contribution is 7.14. The van der Waals surface area contributed by atoms with Gasteiger partial charge in [0.2, 0.25) is 5.91 Å². The average Bonchev–Trinajstić information content (AvgIpc) is 3.48. The number of rotatable bonds is 7. The van der Waals surface area contributed by atoms with Crippen molar-refractivity contribution < 1.29 is 14.3 Å². The molecule has 0 radical (unpaired) electrons. The molecule has 3 aromatic rings. The SMILES string of the molecule is CC(C)Cc1ccc(-c2csc(NC(=O)[C@@H]3CCCN3C(=O)OCc3ccccc3)n2)cc1. The molecule has 2 heterocycles. The van der Waals surface area contributed by atoms with Crippen molar-refractivity contribution in [2.45, 2.75) is 45.8 Å². The fourth-order valence-corrected chi connectivity index (χ4v) is 4.72. The number of carbonyl (C=O) groups excluding carboxylic acids is 2. The molecule has 172 valence electrons. The van der Waals surface area contributed by atoms with Crippen LogP contribution in [-0.2, 0) is 22.6 Å². The van der Waals surface area contributed by atoms with Gasteiger partial charge in [-0.05, 0) is 36.3 Å². The van der Waals surface area contributed by atoms with Crippen LogP contribution in [-0.4, -0.2) is 34.5 Å². The number of hydrogen-bond donors (Lipinski definition) is 1. The van der Waals surface area contributed by atoms with Gasteiger partial charge in [0.05, 0.1) is 5.69 Å². The van der Waals surface area contributed by atoms with E-state index in [-0.39, 0.29) is 12.5 Å². The van der Waals surface area contributed by atoms with Crippen LogP contribution < -0.4 is 5.32 Å². The molecule has 0 unspecified atom stereocenters. The van der Waals surface area contributed by atoms with Crippen LogP contribution in [0.15, 0.2) is 60.0 Å². The summed E-state index contributed by atoms with van der Waals surface area (Å²) in [6.07, 6.45) is 1.97. The Kier molecular flexibility index (Phi) is 7.40. The van der Waals surface area contributed by atoms with E-state index in [1.165, 1.54) is 21.8 Å². The second-order valence-corrected chi connectivity index (χ2v) is 9.57. The van der Waals surface area contributed by atoms with E-state index < -0.39 is 12.1 Å². The number of benzene rings is 2. The lowest BCUT2D eigenvalue weighted by atomic mass is 10.0. The van der Waals surface area contributed by atoms with Gasteiger partial charge in [-0.25, -0.2) is 9.78 Å². The van der Waals surface area contributed by atoms with Crippen LogP contribution in [0.4, 0.5) is 9.93 Å². The molecule has 0 saturated carbocycles. The Labute approximate surface area is 198 Å². The van der Waals surface area contributed by atoms with Gasteiger partial charge >= 0.3 is 6.09 Å². The number of nitrogens with zero attached hydrogens (tertiary/aromatic N) is 2. The maximum absolute atomic E-state index is 12.9. The van der Waals surface area contributed by atoms with E-state index in [0.717, 1.165) is 29.7 Å². The first kappa shape index (κ1) is 23.0. The number of ether oxygens (including phenoxy) is 1. The Balaban J connectivity index is 1.34. The zero-order valence-electron chi connectivity index (χ0n) is 19.0. The minimum Gasteiger partial charge on any atom is -0.445 e.